The minimum atomic E-state index is -0.967. The van der Waals surface area contributed by atoms with E-state index >= 15 is 0 Å². The molecule has 1 atom stereocenters. The molecule has 4 rings (SSSR count). The second-order valence-electron chi connectivity index (χ2n) is 6.84. The van der Waals surface area contributed by atoms with Crippen molar-refractivity contribution in [3.63, 3.8) is 0 Å². The number of nitrogens with zero attached hydrogens (tertiary/aromatic N) is 4. The number of hydrogen-bond donors (Lipinski definition) is 2. The van der Waals surface area contributed by atoms with Gasteiger partial charge in [0.05, 0.1) is 11.4 Å². The van der Waals surface area contributed by atoms with Crippen LogP contribution in [0.3, 0.4) is 0 Å². The molecule has 0 aliphatic heterocycles. The monoisotopic (exact) mass is 411 g/mol. The van der Waals surface area contributed by atoms with Crippen LogP contribution >= 0.6 is 11.3 Å². The highest BCUT2D eigenvalue weighted by molar-refractivity contribution is 7.15. The van der Waals surface area contributed by atoms with Gasteiger partial charge in [-0.25, -0.2) is 24.1 Å². The molecule has 4 aromatic rings. The number of nitrogens with one attached hydrogen (secondary N) is 1. The molecule has 0 radical (unpaired) electrons. The van der Waals surface area contributed by atoms with E-state index in [4.69, 9.17) is 0 Å². The number of rotatable bonds is 6. The molecular formula is C20H18FN5O2S. The molecule has 0 unspecified atom stereocenters. The topological polar surface area (TPSA) is 92.4 Å². The SMILES string of the molecule is CC(C)[C@@H](Nc1nccc(-c2c(-c3ccc(F)cc3)nc3sccn23)n1)C(=O)O. The van der Waals surface area contributed by atoms with Crippen LogP contribution in [0.4, 0.5) is 10.3 Å². The van der Waals surface area contributed by atoms with Gasteiger partial charge >= 0.3 is 5.97 Å². The van der Waals surface area contributed by atoms with Crippen LogP contribution in [0, 0.1) is 11.7 Å². The molecule has 0 spiro atoms. The largest absolute Gasteiger partial charge is 0.480 e. The third kappa shape index (κ3) is 3.68. The highest BCUT2D eigenvalue weighted by Crippen LogP contribution is 2.33. The van der Waals surface area contributed by atoms with Crippen LogP contribution in [0.1, 0.15) is 13.8 Å². The molecule has 29 heavy (non-hydrogen) atoms. The van der Waals surface area contributed by atoms with Crippen LogP contribution in [0.5, 0.6) is 0 Å². The number of benzene rings is 1. The van der Waals surface area contributed by atoms with Crippen LogP contribution in [-0.2, 0) is 4.79 Å². The highest BCUT2D eigenvalue weighted by atomic mass is 32.1. The van der Waals surface area contributed by atoms with Gasteiger partial charge in [0.2, 0.25) is 5.95 Å². The molecule has 0 bridgehead atoms. The van der Waals surface area contributed by atoms with E-state index in [1.165, 1.54) is 23.5 Å². The first-order chi connectivity index (χ1) is 13.9. The van der Waals surface area contributed by atoms with Crippen molar-refractivity contribution in [1.29, 1.82) is 0 Å². The van der Waals surface area contributed by atoms with Crippen molar-refractivity contribution in [3.05, 3.63) is 53.9 Å². The summed E-state index contributed by atoms with van der Waals surface area (Å²) in [4.78, 5) is 25.7. The third-order valence-corrected chi connectivity index (χ3v) is 5.25. The molecule has 9 heteroatoms. The lowest BCUT2D eigenvalue weighted by atomic mass is 10.1. The fraction of sp³-hybridized carbons (Fsp3) is 0.200. The summed E-state index contributed by atoms with van der Waals surface area (Å²) >= 11 is 1.48. The van der Waals surface area contributed by atoms with Gasteiger partial charge in [-0.1, -0.05) is 13.8 Å². The molecule has 148 valence electrons. The van der Waals surface area contributed by atoms with Crippen LogP contribution in [0.25, 0.3) is 27.6 Å². The molecule has 7 nitrogen and oxygen atoms in total. The summed E-state index contributed by atoms with van der Waals surface area (Å²) in [6, 6.07) is 7.05. The molecule has 0 saturated heterocycles. The second-order valence-corrected chi connectivity index (χ2v) is 7.71. The summed E-state index contributed by atoms with van der Waals surface area (Å²) in [7, 11) is 0. The molecule has 0 saturated carbocycles. The summed E-state index contributed by atoms with van der Waals surface area (Å²) in [6.07, 6.45) is 3.46. The number of hydrogen-bond acceptors (Lipinski definition) is 6. The van der Waals surface area contributed by atoms with Crippen molar-refractivity contribution < 1.29 is 14.3 Å². The summed E-state index contributed by atoms with van der Waals surface area (Å²) in [6.45, 7) is 3.63. The Morgan fingerprint density at radius 1 is 1.21 bits per heavy atom. The molecule has 0 aliphatic rings. The number of carboxylic acid groups (broad SMARTS) is 1. The normalized spacial score (nSPS) is 12.4. The van der Waals surface area contributed by atoms with Gasteiger partial charge in [-0.2, -0.15) is 0 Å². The molecule has 3 aromatic heterocycles. The maximum atomic E-state index is 13.4. The minimum Gasteiger partial charge on any atom is -0.480 e. The zero-order chi connectivity index (χ0) is 20.5. The van der Waals surface area contributed by atoms with Crippen molar-refractivity contribution in [2.75, 3.05) is 5.32 Å². The average molecular weight is 411 g/mol. The van der Waals surface area contributed by atoms with Crippen molar-refractivity contribution in [3.8, 4) is 22.6 Å². The zero-order valence-electron chi connectivity index (χ0n) is 15.7. The van der Waals surface area contributed by atoms with Gasteiger partial charge in [0, 0.05) is 23.3 Å². The lowest BCUT2D eigenvalue weighted by Gasteiger charge is -2.18. The van der Waals surface area contributed by atoms with Gasteiger partial charge in [-0.15, -0.1) is 11.3 Å². The maximum Gasteiger partial charge on any atom is 0.326 e. The molecule has 0 fully saturated rings. The average Bonchev–Trinajstić information content (AvgIpc) is 3.27. The van der Waals surface area contributed by atoms with E-state index < -0.39 is 12.0 Å². The van der Waals surface area contributed by atoms with Crippen LogP contribution < -0.4 is 5.32 Å². The summed E-state index contributed by atoms with van der Waals surface area (Å²) in [5, 5.41) is 14.2. The molecule has 0 aliphatic carbocycles. The molecule has 0 amide bonds. The predicted molar refractivity (Wildman–Crippen MR) is 109 cm³/mol. The zero-order valence-corrected chi connectivity index (χ0v) is 16.5. The Morgan fingerprint density at radius 2 is 1.97 bits per heavy atom. The smallest absolute Gasteiger partial charge is 0.326 e. The van der Waals surface area contributed by atoms with Gasteiger partial charge in [0.1, 0.15) is 17.6 Å². The number of fused-ring (bicyclic) bond motifs is 1. The summed E-state index contributed by atoms with van der Waals surface area (Å²) < 4.78 is 15.3. The van der Waals surface area contributed by atoms with Crippen LogP contribution in [-0.4, -0.2) is 36.5 Å². The Balaban J connectivity index is 1.81. The standard InChI is InChI=1S/C20H18FN5O2S/c1-11(2)15(18(27)28)24-19-22-8-7-14(23-19)17-16(12-3-5-13(21)6-4-12)25-20-26(17)9-10-29-20/h3-11,15H,1-2H3,(H,27,28)(H,22,23,24)/t15-/m1/s1. The van der Waals surface area contributed by atoms with E-state index in [0.717, 1.165) is 16.2 Å². The minimum absolute atomic E-state index is 0.145. The molecular weight excluding hydrogens is 393 g/mol. The van der Waals surface area contributed by atoms with E-state index in [-0.39, 0.29) is 17.7 Å². The van der Waals surface area contributed by atoms with Crippen molar-refractivity contribution in [1.82, 2.24) is 19.4 Å². The first kappa shape index (κ1) is 19.0. The van der Waals surface area contributed by atoms with E-state index in [2.05, 4.69) is 20.3 Å². The molecule has 3 heterocycles. The number of carboxylic acids is 1. The quantitative estimate of drug-likeness (QED) is 0.494. The van der Waals surface area contributed by atoms with Crippen molar-refractivity contribution >= 4 is 28.2 Å². The summed E-state index contributed by atoms with van der Waals surface area (Å²) in [5.41, 5.74) is 2.74. The predicted octanol–water partition coefficient (Wildman–Crippen LogP) is 4.18. The Bertz CT molecular complexity index is 1170. The van der Waals surface area contributed by atoms with Crippen LogP contribution in [0.2, 0.25) is 0 Å². The second kappa shape index (κ2) is 7.59. The van der Waals surface area contributed by atoms with E-state index in [9.17, 15) is 14.3 Å². The van der Waals surface area contributed by atoms with Gasteiger partial charge in [0.25, 0.3) is 0 Å². The number of anilines is 1. The maximum absolute atomic E-state index is 13.4. The van der Waals surface area contributed by atoms with Gasteiger partial charge < -0.3 is 10.4 Å². The number of imidazole rings is 1. The Kier molecular flexibility index (Phi) is 4.98. The lowest BCUT2D eigenvalue weighted by molar-refractivity contribution is -0.138. The summed E-state index contributed by atoms with van der Waals surface area (Å²) in [5.74, 6) is -1.21. The Hall–Kier alpha value is -3.33. The first-order valence-electron chi connectivity index (χ1n) is 8.98. The van der Waals surface area contributed by atoms with Crippen molar-refractivity contribution in [2.45, 2.75) is 19.9 Å². The third-order valence-electron chi connectivity index (χ3n) is 4.50. The fourth-order valence-corrected chi connectivity index (χ4v) is 3.77. The Labute approximate surface area is 169 Å². The van der Waals surface area contributed by atoms with E-state index in [1.807, 2.05) is 29.8 Å². The van der Waals surface area contributed by atoms with Gasteiger partial charge in [-0.05, 0) is 36.2 Å². The number of aromatic nitrogens is 4. The van der Waals surface area contributed by atoms with Crippen LogP contribution in [0.15, 0.2) is 48.1 Å². The number of thiazole rings is 1. The van der Waals surface area contributed by atoms with Gasteiger partial charge in [0.15, 0.2) is 4.96 Å². The Morgan fingerprint density at radius 3 is 2.66 bits per heavy atom. The number of carbonyl (C=O) groups is 1. The fourth-order valence-electron chi connectivity index (χ4n) is 3.05. The van der Waals surface area contributed by atoms with Gasteiger partial charge in [-0.3, -0.25) is 4.40 Å². The van der Waals surface area contributed by atoms with E-state index in [0.29, 0.717) is 11.4 Å². The lowest BCUT2D eigenvalue weighted by Crippen LogP contribution is -2.34. The van der Waals surface area contributed by atoms with Crippen molar-refractivity contribution in [2.24, 2.45) is 5.92 Å². The number of aliphatic carboxylic acids is 1. The first-order valence-corrected chi connectivity index (χ1v) is 9.86. The van der Waals surface area contributed by atoms with E-state index in [1.54, 1.807) is 24.4 Å². The number of halogens is 1. The highest BCUT2D eigenvalue weighted by Gasteiger charge is 2.23. The molecule has 1 aromatic carbocycles. The molecule has 2 N–H and O–H groups in total.